The van der Waals surface area contributed by atoms with Gasteiger partial charge in [-0.1, -0.05) is 53.2 Å². The van der Waals surface area contributed by atoms with E-state index in [2.05, 4.69) is 47.6 Å². The van der Waals surface area contributed by atoms with E-state index in [-0.39, 0.29) is 33.7 Å². The zero-order valence-corrected chi connectivity index (χ0v) is 22.1. The van der Waals surface area contributed by atoms with Crippen molar-refractivity contribution in [2.45, 2.75) is 112 Å². The first-order chi connectivity index (χ1) is 15.3. The molecule has 33 heavy (non-hydrogen) atoms. The van der Waals surface area contributed by atoms with Crippen LogP contribution in [0.1, 0.15) is 106 Å². The third-order valence-electron chi connectivity index (χ3n) is 11.6. The maximum atomic E-state index is 13.9. The molecule has 0 aromatic rings. The average Bonchev–Trinajstić information content (AvgIpc) is 3.04. The van der Waals surface area contributed by atoms with Crippen LogP contribution in [0.25, 0.3) is 0 Å². The van der Waals surface area contributed by atoms with Gasteiger partial charge in [-0.15, -0.1) is 0 Å². The number of fused-ring (bicyclic) bond motifs is 4. The van der Waals surface area contributed by atoms with E-state index in [0.29, 0.717) is 24.0 Å². The number of aldehydes is 1. The highest BCUT2D eigenvalue weighted by molar-refractivity contribution is 5.99. The lowest BCUT2D eigenvalue weighted by atomic mass is 9.43. The zero-order chi connectivity index (χ0) is 24.4. The minimum atomic E-state index is -0.316. The van der Waals surface area contributed by atoms with Crippen molar-refractivity contribution >= 4 is 12.1 Å². The number of hydrogen-bond donors (Lipinski definition) is 1. The summed E-state index contributed by atoms with van der Waals surface area (Å²) in [5.41, 5.74) is 3.42. The summed E-state index contributed by atoms with van der Waals surface area (Å²) in [6, 6.07) is 0. The van der Waals surface area contributed by atoms with E-state index in [1.54, 1.807) is 0 Å². The van der Waals surface area contributed by atoms with Crippen molar-refractivity contribution in [3.63, 3.8) is 0 Å². The molecule has 0 radical (unpaired) electrons. The molecular formula is C30H46O3. The molecule has 0 spiro atoms. The molecule has 4 aliphatic rings. The van der Waals surface area contributed by atoms with E-state index in [1.807, 2.05) is 6.92 Å². The molecule has 0 bridgehead atoms. The minimum Gasteiger partial charge on any atom is -0.393 e. The van der Waals surface area contributed by atoms with Crippen LogP contribution in [0.15, 0.2) is 22.8 Å². The topological polar surface area (TPSA) is 54.4 Å². The van der Waals surface area contributed by atoms with E-state index in [0.717, 1.165) is 50.4 Å². The van der Waals surface area contributed by atoms with Crippen molar-refractivity contribution in [2.24, 2.45) is 39.4 Å². The van der Waals surface area contributed by atoms with Crippen molar-refractivity contribution in [1.82, 2.24) is 0 Å². The number of aliphatic hydroxyl groups excluding tert-OH is 1. The smallest absolute Gasteiger partial charge is 0.159 e. The van der Waals surface area contributed by atoms with Gasteiger partial charge in [0.15, 0.2) is 5.78 Å². The lowest BCUT2D eigenvalue weighted by Crippen LogP contribution is -2.57. The fourth-order valence-corrected chi connectivity index (χ4v) is 9.13. The third kappa shape index (κ3) is 3.46. The molecule has 0 aliphatic heterocycles. The fraction of sp³-hybridized carbons (Fsp3) is 0.800. The standard InChI is InChI=1S/C30H46O3/c1-19(18-31)9-8-10-20(2)21-11-16-30(7)26-22(12-15-29(21,30)6)28(5)14-13-25(33)27(3,4)24(28)17-23(26)32/h9,18,20-21,24-25,33H,8,10-17H2,1-7H3/b19-9+. The highest BCUT2D eigenvalue weighted by atomic mass is 16.3. The molecule has 2 fully saturated rings. The Bertz CT molecular complexity index is 894. The van der Waals surface area contributed by atoms with Crippen LogP contribution in [0, 0.1) is 39.4 Å². The molecule has 3 nitrogen and oxygen atoms in total. The van der Waals surface area contributed by atoms with E-state index < -0.39 is 0 Å². The third-order valence-corrected chi connectivity index (χ3v) is 11.6. The van der Waals surface area contributed by atoms with E-state index in [4.69, 9.17) is 0 Å². The summed E-state index contributed by atoms with van der Waals surface area (Å²) in [4.78, 5) is 24.8. The molecule has 0 heterocycles. The van der Waals surface area contributed by atoms with Crippen LogP contribution in [0.3, 0.4) is 0 Å². The number of rotatable bonds is 5. The molecule has 0 amide bonds. The van der Waals surface area contributed by atoms with Crippen LogP contribution in [0.2, 0.25) is 0 Å². The molecule has 7 unspecified atom stereocenters. The Morgan fingerprint density at radius 1 is 1.12 bits per heavy atom. The molecule has 0 saturated heterocycles. The number of ketones is 1. The van der Waals surface area contributed by atoms with Gasteiger partial charge < -0.3 is 5.11 Å². The highest BCUT2D eigenvalue weighted by Gasteiger charge is 2.65. The van der Waals surface area contributed by atoms with Gasteiger partial charge in [0.25, 0.3) is 0 Å². The summed E-state index contributed by atoms with van der Waals surface area (Å²) in [6.07, 6.45) is 11.7. The molecule has 4 aliphatic carbocycles. The number of hydrogen-bond acceptors (Lipinski definition) is 3. The average molecular weight is 455 g/mol. The SMILES string of the molecule is C/C(C=O)=C\CCC(C)C1CCC2(C)C3=C(CCC12C)C1(C)CCC(O)C(C)(C)C1CC3=O. The van der Waals surface area contributed by atoms with Gasteiger partial charge in [0.2, 0.25) is 0 Å². The van der Waals surface area contributed by atoms with Crippen LogP contribution in [0.5, 0.6) is 0 Å². The van der Waals surface area contributed by atoms with Gasteiger partial charge in [-0.05, 0) is 97.9 Å². The Morgan fingerprint density at radius 2 is 1.82 bits per heavy atom. The molecule has 2 saturated carbocycles. The van der Waals surface area contributed by atoms with Crippen molar-refractivity contribution < 1.29 is 14.7 Å². The predicted octanol–water partition coefficient (Wildman–Crippen LogP) is 6.84. The van der Waals surface area contributed by atoms with Gasteiger partial charge in [0, 0.05) is 17.4 Å². The maximum absolute atomic E-state index is 13.9. The molecular weight excluding hydrogens is 408 g/mol. The van der Waals surface area contributed by atoms with Crippen LogP contribution in [0.4, 0.5) is 0 Å². The molecule has 184 valence electrons. The van der Waals surface area contributed by atoms with Crippen molar-refractivity contribution in [2.75, 3.05) is 0 Å². The molecule has 0 aromatic heterocycles. The van der Waals surface area contributed by atoms with Gasteiger partial charge >= 0.3 is 0 Å². The molecule has 7 atom stereocenters. The van der Waals surface area contributed by atoms with Gasteiger partial charge in [-0.3, -0.25) is 9.59 Å². The van der Waals surface area contributed by atoms with Crippen molar-refractivity contribution in [3.8, 4) is 0 Å². The number of allylic oxidation sites excluding steroid dienone is 4. The summed E-state index contributed by atoms with van der Waals surface area (Å²) >= 11 is 0. The van der Waals surface area contributed by atoms with Gasteiger partial charge in [-0.25, -0.2) is 0 Å². The Hall–Kier alpha value is -1.22. The Labute approximate surface area is 201 Å². The quantitative estimate of drug-likeness (QED) is 0.365. The lowest BCUT2D eigenvalue weighted by Gasteiger charge is -2.61. The normalized spacial score (nSPS) is 43.6. The fourth-order valence-electron chi connectivity index (χ4n) is 9.13. The zero-order valence-electron chi connectivity index (χ0n) is 22.1. The first-order valence-electron chi connectivity index (χ1n) is 13.4. The Kier molecular flexibility index (Phi) is 6.17. The van der Waals surface area contributed by atoms with Gasteiger partial charge in [0.1, 0.15) is 6.29 Å². The predicted molar refractivity (Wildman–Crippen MR) is 134 cm³/mol. The van der Waals surface area contributed by atoms with E-state index >= 15 is 0 Å². The summed E-state index contributed by atoms with van der Waals surface area (Å²) < 4.78 is 0. The van der Waals surface area contributed by atoms with Crippen molar-refractivity contribution in [1.29, 1.82) is 0 Å². The van der Waals surface area contributed by atoms with Crippen LogP contribution in [-0.2, 0) is 9.59 Å². The molecule has 3 heteroatoms. The Balaban J connectivity index is 1.68. The van der Waals surface area contributed by atoms with E-state index in [9.17, 15) is 14.7 Å². The van der Waals surface area contributed by atoms with Crippen LogP contribution < -0.4 is 0 Å². The van der Waals surface area contributed by atoms with Crippen molar-refractivity contribution in [3.05, 3.63) is 22.8 Å². The second kappa shape index (κ2) is 8.18. The summed E-state index contributed by atoms with van der Waals surface area (Å²) in [7, 11) is 0. The highest BCUT2D eigenvalue weighted by Crippen LogP contribution is 2.71. The second-order valence-electron chi connectivity index (χ2n) is 13.3. The first-order valence-corrected chi connectivity index (χ1v) is 13.4. The maximum Gasteiger partial charge on any atom is 0.159 e. The summed E-state index contributed by atoms with van der Waals surface area (Å²) in [6.45, 7) is 15.9. The molecule has 1 N–H and O–H groups in total. The Morgan fingerprint density at radius 3 is 2.48 bits per heavy atom. The van der Waals surface area contributed by atoms with Crippen LogP contribution >= 0.6 is 0 Å². The number of carbonyl (C=O) groups excluding carboxylic acids is 2. The van der Waals surface area contributed by atoms with E-state index in [1.165, 1.54) is 24.0 Å². The summed E-state index contributed by atoms with van der Waals surface area (Å²) in [5, 5.41) is 10.8. The monoisotopic (exact) mass is 454 g/mol. The largest absolute Gasteiger partial charge is 0.393 e. The molecule has 0 aromatic carbocycles. The first kappa shape index (κ1) is 24.9. The van der Waals surface area contributed by atoms with Gasteiger partial charge in [-0.2, -0.15) is 0 Å². The second-order valence-corrected chi connectivity index (χ2v) is 13.3. The number of carbonyl (C=O) groups is 2. The molecule has 4 rings (SSSR count). The number of Topliss-reactive ketones (excluding diaryl/α,β-unsaturated/α-hetero) is 1. The van der Waals surface area contributed by atoms with Crippen LogP contribution in [-0.4, -0.2) is 23.3 Å². The number of aliphatic hydroxyl groups is 1. The lowest BCUT2D eigenvalue weighted by molar-refractivity contribution is -0.134. The summed E-state index contributed by atoms with van der Waals surface area (Å²) in [5.74, 6) is 1.81. The van der Waals surface area contributed by atoms with Gasteiger partial charge in [0.05, 0.1) is 6.10 Å². The minimum absolute atomic E-state index is 0.0389.